The second kappa shape index (κ2) is 9.50. The molecule has 11 heteroatoms. The molecule has 1 atom stereocenters. The molecule has 180 valence electrons. The van der Waals surface area contributed by atoms with E-state index in [9.17, 15) is 26.4 Å². The van der Waals surface area contributed by atoms with E-state index in [0.29, 0.717) is 43.3 Å². The minimum atomic E-state index is -4.40. The fourth-order valence-corrected chi connectivity index (χ4v) is 4.01. The summed E-state index contributed by atoms with van der Waals surface area (Å²) in [5, 5.41) is 0. The number of sulfonamides is 1. The Kier molecular flexibility index (Phi) is 7.11. The summed E-state index contributed by atoms with van der Waals surface area (Å²) in [6.07, 6.45) is -4.08. The van der Waals surface area contributed by atoms with E-state index in [2.05, 4.69) is 0 Å². The molecule has 1 saturated heterocycles. The van der Waals surface area contributed by atoms with Gasteiger partial charge < -0.3 is 14.5 Å². The lowest BCUT2D eigenvalue weighted by atomic mass is 10.1. The van der Waals surface area contributed by atoms with Gasteiger partial charge in [0.05, 0.1) is 17.5 Å². The zero-order chi connectivity index (χ0) is 24.4. The number of anilines is 2. The monoisotopic (exact) mass is 485 g/mol. The van der Waals surface area contributed by atoms with Gasteiger partial charge >= 0.3 is 6.18 Å². The van der Waals surface area contributed by atoms with Crippen molar-refractivity contribution in [1.82, 2.24) is 4.90 Å². The first-order valence-electron chi connectivity index (χ1n) is 10.3. The van der Waals surface area contributed by atoms with Crippen LogP contribution in [0.4, 0.5) is 24.5 Å². The Morgan fingerprint density at radius 2 is 1.67 bits per heavy atom. The van der Waals surface area contributed by atoms with E-state index in [-0.39, 0.29) is 5.91 Å². The number of alkyl halides is 3. The maximum Gasteiger partial charge on any atom is 0.416 e. The predicted molar refractivity (Wildman–Crippen MR) is 120 cm³/mol. The summed E-state index contributed by atoms with van der Waals surface area (Å²) in [4.78, 5) is 16.2. The van der Waals surface area contributed by atoms with E-state index in [4.69, 9.17) is 4.74 Å². The molecule has 1 aliphatic heterocycles. The van der Waals surface area contributed by atoms with Crippen molar-refractivity contribution in [3.05, 3.63) is 54.1 Å². The molecule has 0 saturated carbocycles. The fourth-order valence-electron chi connectivity index (χ4n) is 3.50. The minimum absolute atomic E-state index is 0.226. The number of nitrogens with zero attached hydrogens (tertiary/aromatic N) is 3. The summed E-state index contributed by atoms with van der Waals surface area (Å²) in [7, 11) is -1.94. The van der Waals surface area contributed by atoms with Crippen LogP contribution < -0.4 is 13.9 Å². The third-order valence-electron chi connectivity index (χ3n) is 5.49. The number of hydrogen-bond donors (Lipinski definition) is 0. The van der Waals surface area contributed by atoms with Crippen molar-refractivity contribution < 1.29 is 31.1 Å². The largest absolute Gasteiger partial charge is 0.481 e. The van der Waals surface area contributed by atoms with E-state index in [1.807, 2.05) is 4.90 Å². The average molecular weight is 486 g/mol. The lowest BCUT2D eigenvalue weighted by Gasteiger charge is -2.37. The number of halogens is 3. The number of hydrogen-bond acceptors (Lipinski definition) is 5. The van der Waals surface area contributed by atoms with Crippen LogP contribution in [0.1, 0.15) is 12.5 Å². The van der Waals surface area contributed by atoms with E-state index in [1.165, 1.54) is 13.1 Å². The zero-order valence-corrected chi connectivity index (χ0v) is 19.4. The Labute approximate surface area is 191 Å². The van der Waals surface area contributed by atoms with Crippen molar-refractivity contribution in [1.29, 1.82) is 0 Å². The quantitative estimate of drug-likeness (QED) is 0.629. The molecule has 2 aromatic rings. The summed E-state index contributed by atoms with van der Waals surface area (Å²) < 4.78 is 69.0. The smallest absolute Gasteiger partial charge is 0.416 e. The predicted octanol–water partition coefficient (Wildman–Crippen LogP) is 3.22. The SMILES string of the molecule is C[C@H](Oc1ccc(N(C)S(C)(=O)=O)cc1)C(=O)N1CCN(c2cccc(C(F)(F)F)c2)CC1. The molecule has 1 amide bonds. The van der Waals surface area contributed by atoms with Crippen LogP contribution in [0.15, 0.2) is 48.5 Å². The summed E-state index contributed by atoms with van der Waals surface area (Å²) in [5.41, 5.74) is 0.240. The van der Waals surface area contributed by atoms with Crippen LogP contribution in [-0.4, -0.2) is 64.8 Å². The van der Waals surface area contributed by atoms with Gasteiger partial charge in [0.25, 0.3) is 5.91 Å². The molecule has 1 fully saturated rings. The van der Waals surface area contributed by atoms with Gasteiger partial charge in [0.1, 0.15) is 5.75 Å². The molecule has 7 nitrogen and oxygen atoms in total. The van der Waals surface area contributed by atoms with Crippen LogP contribution in [0.3, 0.4) is 0 Å². The van der Waals surface area contributed by atoms with Crippen LogP contribution in [0, 0.1) is 0 Å². The van der Waals surface area contributed by atoms with Crippen LogP contribution in [0.2, 0.25) is 0 Å². The van der Waals surface area contributed by atoms with Gasteiger partial charge in [0.15, 0.2) is 6.10 Å². The van der Waals surface area contributed by atoms with Crippen LogP contribution in [0.25, 0.3) is 0 Å². The van der Waals surface area contributed by atoms with Crippen molar-refractivity contribution in [2.75, 3.05) is 48.7 Å². The van der Waals surface area contributed by atoms with E-state index < -0.39 is 27.9 Å². The molecule has 0 unspecified atom stereocenters. The summed E-state index contributed by atoms with van der Waals surface area (Å²) >= 11 is 0. The second-order valence-electron chi connectivity index (χ2n) is 7.84. The Bertz CT molecular complexity index is 1080. The normalized spacial score (nSPS) is 15.8. The molecule has 0 bridgehead atoms. The number of rotatable bonds is 6. The first-order valence-corrected chi connectivity index (χ1v) is 12.1. The molecule has 0 N–H and O–H groups in total. The number of carbonyl (C=O) groups excluding carboxylic acids is 1. The third-order valence-corrected chi connectivity index (χ3v) is 6.69. The number of piperazine rings is 1. The van der Waals surface area contributed by atoms with Crippen molar-refractivity contribution in [3.8, 4) is 5.75 Å². The van der Waals surface area contributed by atoms with Gasteiger partial charge in [-0.2, -0.15) is 13.2 Å². The molecule has 2 aromatic carbocycles. The first kappa shape index (κ1) is 24.7. The Hall–Kier alpha value is -2.95. The van der Waals surface area contributed by atoms with Gasteiger partial charge in [-0.25, -0.2) is 8.42 Å². The third kappa shape index (κ3) is 6.10. The maximum atomic E-state index is 13.0. The molecule has 33 heavy (non-hydrogen) atoms. The summed E-state index contributed by atoms with van der Waals surface area (Å²) in [5.74, 6) is 0.195. The number of amides is 1. The summed E-state index contributed by atoms with van der Waals surface area (Å²) in [6.45, 7) is 3.17. The topological polar surface area (TPSA) is 70.2 Å². The molecular formula is C22H26F3N3O4S. The lowest BCUT2D eigenvalue weighted by Crippen LogP contribution is -2.52. The van der Waals surface area contributed by atoms with Gasteiger partial charge in [0, 0.05) is 38.9 Å². The van der Waals surface area contributed by atoms with Crippen LogP contribution in [-0.2, 0) is 21.0 Å². The number of carbonyl (C=O) groups is 1. The molecule has 0 aliphatic carbocycles. The van der Waals surface area contributed by atoms with Crippen molar-refractivity contribution in [3.63, 3.8) is 0 Å². The fraction of sp³-hybridized carbons (Fsp3) is 0.409. The molecule has 1 heterocycles. The van der Waals surface area contributed by atoms with E-state index in [1.54, 1.807) is 42.2 Å². The van der Waals surface area contributed by atoms with Gasteiger partial charge in [0.2, 0.25) is 10.0 Å². The van der Waals surface area contributed by atoms with Crippen molar-refractivity contribution >= 4 is 27.3 Å². The Morgan fingerprint density at radius 3 is 2.21 bits per heavy atom. The standard InChI is InChI=1S/C22H26F3N3O4S/c1-16(32-20-9-7-18(8-10-20)26(2)33(3,30)31)21(29)28-13-11-27(12-14-28)19-6-4-5-17(15-19)22(23,24)25/h4-10,15-16H,11-14H2,1-3H3/t16-/m0/s1. The molecule has 1 aliphatic rings. The van der Waals surface area contributed by atoms with Crippen molar-refractivity contribution in [2.24, 2.45) is 0 Å². The minimum Gasteiger partial charge on any atom is -0.481 e. The number of benzene rings is 2. The van der Waals surface area contributed by atoms with Gasteiger partial charge in [-0.05, 0) is 49.4 Å². The highest BCUT2D eigenvalue weighted by Gasteiger charge is 2.31. The molecule has 0 radical (unpaired) electrons. The number of ether oxygens (including phenoxy) is 1. The molecule has 3 rings (SSSR count). The van der Waals surface area contributed by atoms with Gasteiger partial charge in [-0.15, -0.1) is 0 Å². The second-order valence-corrected chi connectivity index (χ2v) is 9.86. The molecule has 0 spiro atoms. The van der Waals surface area contributed by atoms with Crippen LogP contribution >= 0.6 is 0 Å². The molecule has 0 aromatic heterocycles. The average Bonchev–Trinajstić information content (AvgIpc) is 2.77. The highest BCUT2D eigenvalue weighted by Crippen LogP contribution is 2.32. The maximum absolute atomic E-state index is 13.0. The summed E-state index contributed by atoms with van der Waals surface area (Å²) in [6, 6.07) is 11.5. The lowest BCUT2D eigenvalue weighted by molar-refractivity contribution is -0.138. The first-order chi connectivity index (χ1) is 15.4. The van der Waals surface area contributed by atoms with Crippen LogP contribution in [0.5, 0.6) is 5.75 Å². The highest BCUT2D eigenvalue weighted by atomic mass is 32.2. The van der Waals surface area contributed by atoms with Crippen molar-refractivity contribution in [2.45, 2.75) is 19.2 Å². The van der Waals surface area contributed by atoms with Gasteiger partial charge in [-0.1, -0.05) is 6.07 Å². The van der Waals surface area contributed by atoms with E-state index >= 15 is 0 Å². The highest BCUT2D eigenvalue weighted by molar-refractivity contribution is 7.92. The Morgan fingerprint density at radius 1 is 1.06 bits per heavy atom. The van der Waals surface area contributed by atoms with E-state index in [0.717, 1.165) is 22.7 Å². The Balaban J connectivity index is 1.56. The van der Waals surface area contributed by atoms with Gasteiger partial charge in [-0.3, -0.25) is 9.10 Å². The zero-order valence-electron chi connectivity index (χ0n) is 18.5. The molecular weight excluding hydrogens is 459 g/mol.